The van der Waals surface area contributed by atoms with Gasteiger partial charge in [0.1, 0.15) is 6.04 Å². The predicted octanol–water partition coefficient (Wildman–Crippen LogP) is 0.396. The summed E-state index contributed by atoms with van der Waals surface area (Å²) >= 11 is 0. The van der Waals surface area contributed by atoms with Crippen LogP contribution in [-0.4, -0.2) is 49.6 Å². The molecule has 1 aliphatic rings. The van der Waals surface area contributed by atoms with Gasteiger partial charge in [-0.1, -0.05) is 13.8 Å². The molecule has 1 rings (SSSR count). The summed E-state index contributed by atoms with van der Waals surface area (Å²) in [5, 5.41) is 2.86. The number of ether oxygens (including phenoxy) is 1. The Balaban J connectivity index is 2.18. The van der Waals surface area contributed by atoms with E-state index in [1.165, 1.54) is 7.11 Å². The minimum absolute atomic E-state index is 0.0502. The number of rotatable bonds is 6. The molecule has 0 saturated carbocycles. The molecule has 1 amide bonds. The van der Waals surface area contributed by atoms with Gasteiger partial charge in [-0.3, -0.25) is 14.5 Å². The zero-order valence-electron chi connectivity index (χ0n) is 10.9. The topological polar surface area (TPSA) is 58.6 Å². The number of methoxy groups -OCH3 is 1. The third kappa shape index (κ3) is 4.34. The van der Waals surface area contributed by atoms with Crippen molar-refractivity contribution in [1.29, 1.82) is 0 Å². The number of carbonyl (C=O) groups excluding carboxylic acids is 2. The summed E-state index contributed by atoms with van der Waals surface area (Å²) in [4.78, 5) is 24.8. The van der Waals surface area contributed by atoms with Crippen LogP contribution in [0.25, 0.3) is 0 Å². The summed E-state index contributed by atoms with van der Waals surface area (Å²) < 4.78 is 4.69. The van der Waals surface area contributed by atoms with E-state index in [2.05, 4.69) is 23.9 Å². The van der Waals surface area contributed by atoms with Crippen LogP contribution in [0.3, 0.4) is 0 Å². The molecule has 0 aromatic heterocycles. The van der Waals surface area contributed by atoms with Crippen LogP contribution >= 0.6 is 0 Å². The van der Waals surface area contributed by atoms with Crippen LogP contribution in [0, 0.1) is 5.92 Å². The fraction of sp³-hybridized carbons (Fsp3) is 0.833. The van der Waals surface area contributed by atoms with E-state index in [0.717, 1.165) is 13.0 Å². The first-order valence-corrected chi connectivity index (χ1v) is 6.13. The highest BCUT2D eigenvalue weighted by Gasteiger charge is 2.34. The highest BCUT2D eigenvalue weighted by atomic mass is 16.5. The van der Waals surface area contributed by atoms with Crippen molar-refractivity contribution >= 4 is 11.9 Å². The van der Waals surface area contributed by atoms with E-state index < -0.39 is 0 Å². The van der Waals surface area contributed by atoms with Gasteiger partial charge in [0.05, 0.1) is 7.11 Å². The second-order valence-corrected chi connectivity index (χ2v) is 4.81. The molecule has 17 heavy (non-hydrogen) atoms. The van der Waals surface area contributed by atoms with E-state index in [-0.39, 0.29) is 17.9 Å². The number of likely N-dealkylation sites (tertiary alicyclic amines) is 1. The second kappa shape index (κ2) is 6.59. The molecule has 98 valence electrons. The van der Waals surface area contributed by atoms with Gasteiger partial charge in [0.2, 0.25) is 5.91 Å². The standard InChI is InChI=1S/C12H22N2O3/c1-9(2)8-13-11(15)5-7-14-6-4-10(14)12(16)17-3/h9-10H,4-8H2,1-3H3,(H,13,15). The molecule has 0 aromatic rings. The molecule has 0 aliphatic carbocycles. The number of hydrogen-bond donors (Lipinski definition) is 1. The summed E-state index contributed by atoms with van der Waals surface area (Å²) in [6.45, 7) is 6.33. The fourth-order valence-corrected chi connectivity index (χ4v) is 1.76. The van der Waals surface area contributed by atoms with Crippen molar-refractivity contribution in [3.63, 3.8) is 0 Å². The van der Waals surface area contributed by atoms with Crippen LogP contribution in [0.1, 0.15) is 26.7 Å². The minimum atomic E-state index is -0.196. The summed E-state index contributed by atoms with van der Waals surface area (Å²) in [7, 11) is 1.40. The number of nitrogens with one attached hydrogen (secondary N) is 1. The zero-order valence-corrected chi connectivity index (χ0v) is 10.9. The molecule has 0 bridgehead atoms. The summed E-state index contributed by atoms with van der Waals surface area (Å²) in [5.41, 5.74) is 0. The Labute approximate surface area is 102 Å². The first-order valence-electron chi connectivity index (χ1n) is 6.13. The monoisotopic (exact) mass is 242 g/mol. The summed E-state index contributed by atoms with van der Waals surface area (Å²) in [6, 6.07) is -0.141. The first kappa shape index (κ1) is 14.0. The third-order valence-electron chi connectivity index (χ3n) is 2.94. The maximum atomic E-state index is 11.5. The Morgan fingerprint density at radius 1 is 1.47 bits per heavy atom. The Morgan fingerprint density at radius 2 is 2.18 bits per heavy atom. The van der Waals surface area contributed by atoms with E-state index in [9.17, 15) is 9.59 Å². The Bertz CT molecular complexity index is 279. The number of amides is 1. The van der Waals surface area contributed by atoms with Crippen molar-refractivity contribution in [3.8, 4) is 0 Å². The highest BCUT2D eigenvalue weighted by molar-refractivity contribution is 5.78. The second-order valence-electron chi connectivity index (χ2n) is 4.81. The largest absolute Gasteiger partial charge is 0.468 e. The molecule has 5 nitrogen and oxygen atoms in total. The van der Waals surface area contributed by atoms with Gasteiger partial charge in [0, 0.05) is 26.1 Å². The quantitative estimate of drug-likeness (QED) is 0.685. The van der Waals surface area contributed by atoms with Gasteiger partial charge in [0.15, 0.2) is 0 Å². The smallest absolute Gasteiger partial charge is 0.323 e. The van der Waals surface area contributed by atoms with Crippen LogP contribution in [0.5, 0.6) is 0 Å². The van der Waals surface area contributed by atoms with E-state index in [0.29, 0.717) is 25.4 Å². The van der Waals surface area contributed by atoms with E-state index in [4.69, 9.17) is 0 Å². The predicted molar refractivity (Wildman–Crippen MR) is 64.5 cm³/mol. The van der Waals surface area contributed by atoms with E-state index in [1.807, 2.05) is 4.90 Å². The lowest BCUT2D eigenvalue weighted by molar-refractivity contribution is -0.152. The zero-order chi connectivity index (χ0) is 12.8. The third-order valence-corrected chi connectivity index (χ3v) is 2.94. The molecule has 1 atom stereocenters. The molecule has 1 fully saturated rings. The molecule has 1 N–H and O–H groups in total. The number of nitrogens with zero attached hydrogens (tertiary/aromatic N) is 1. The number of esters is 1. The number of hydrogen-bond acceptors (Lipinski definition) is 4. The maximum absolute atomic E-state index is 11.5. The lowest BCUT2D eigenvalue weighted by Crippen LogP contribution is -2.53. The minimum Gasteiger partial charge on any atom is -0.468 e. The van der Waals surface area contributed by atoms with Crippen molar-refractivity contribution in [1.82, 2.24) is 10.2 Å². The van der Waals surface area contributed by atoms with Gasteiger partial charge in [-0.15, -0.1) is 0 Å². The lowest BCUT2D eigenvalue weighted by Gasteiger charge is -2.38. The molecule has 1 saturated heterocycles. The Hall–Kier alpha value is -1.10. The SMILES string of the molecule is COC(=O)C1CCN1CCC(=O)NCC(C)C. The van der Waals surface area contributed by atoms with Crippen LogP contribution in [-0.2, 0) is 14.3 Å². The van der Waals surface area contributed by atoms with Crippen LogP contribution in [0.4, 0.5) is 0 Å². The van der Waals surface area contributed by atoms with E-state index >= 15 is 0 Å². The Morgan fingerprint density at radius 3 is 2.65 bits per heavy atom. The average molecular weight is 242 g/mol. The van der Waals surface area contributed by atoms with Gasteiger partial charge in [-0.05, 0) is 12.3 Å². The van der Waals surface area contributed by atoms with Crippen molar-refractivity contribution in [2.24, 2.45) is 5.92 Å². The van der Waals surface area contributed by atoms with Crippen LogP contribution in [0.15, 0.2) is 0 Å². The van der Waals surface area contributed by atoms with Crippen LogP contribution in [0.2, 0.25) is 0 Å². The van der Waals surface area contributed by atoms with Gasteiger partial charge in [0.25, 0.3) is 0 Å². The van der Waals surface area contributed by atoms with Gasteiger partial charge in [-0.2, -0.15) is 0 Å². The van der Waals surface area contributed by atoms with Crippen molar-refractivity contribution in [2.45, 2.75) is 32.7 Å². The molecule has 1 aliphatic heterocycles. The molecular weight excluding hydrogens is 220 g/mol. The van der Waals surface area contributed by atoms with Crippen molar-refractivity contribution in [2.75, 3.05) is 26.7 Å². The molecule has 5 heteroatoms. The van der Waals surface area contributed by atoms with Gasteiger partial charge in [-0.25, -0.2) is 0 Å². The highest BCUT2D eigenvalue weighted by Crippen LogP contribution is 2.18. The van der Waals surface area contributed by atoms with Crippen molar-refractivity contribution in [3.05, 3.63) is 0 Å². The molecule has 1 unspecified atom stereocenters. The molecule has 0 aromatic carbocycles. The van der Waals surface area contributed by atoms with Crippen molar-refractivity contribution < 1.29 is 14.3 Å². The fourth-order valence-electron chi connectivity index (χ4n) is 1.76. The van der Waals surface area contributed by atoms with Gasteiger partial charge >= 0.3 is 5.97 Å². The molecule has 0 spiro atoms. The number of carbonyl (C=O) groups is 2. The van der Waals surface area contributed by atoms with Crippen LogP contribution < -0.4 is 5.32 Å². The maximum Gasteiger partial charge on any atom is 0.323 e. The summed E-state index contributed by atoms with van der Waals surface area (Å²) in [5.74, 6) is 0.318. The molecule has 1 heterocycles. The first-order chi connectivity index (χ1) is 8.04. The van der Waals surface area contributed by atoms with Gasteiger partial charge < -0.3 is 10.1 Å². The summed E-state index contributed by atoms with van der Waals surface area (Å²) in [6.07, 6.45) is 1.28. The normalized spacial score (nSPS) is 19.9. The lowest BCUT2D eigenvalue weighted by atomic mass is 10.0. The molecular formula is C12H22N2O3. The average Bonchev–Trinajstić information content (AvgIpc) is 2.24. The van der Waals surface area contributed by atoms with E-state index in [1.54, 1.807) is 0 Å². The Kier molecular flexibility index (Phi) is 5.41. The molecule has 0 radical (unpaired) electrons.